The number of likely N-dealkylation sites (tertiary alicyclic amines) is 1. The molecule has 1 aliphatic heterocycles. The van der Waals surface area contributed by atoms with Crippen LogP contribution in [0.4, 0.5) is 0 Å². The van der Waals surface area contributed by atoms with E-state index in [9.17, 15) is 8.42 Å². The van der Waals surface area contributed by atoms with Crippen molar-refractivity contribution in [2.24, 2.45) is 10.4 Å². The molecule has 1 saturated heterocycles. The van der Waals surface area contributed by atoms with E-state index >= 15 is 0 Å². The van der Waals surface area contributed by atoms with Gasteiger partial charge < -0.3 is 10.2 Å². The van der Waals surface area contributed by atoms with E-state index < -0.39 is 9.84 Å². The first-order valence-electron chi connectivity index (χ1n) is 9.36. The van der Waals surface area contributed by atoms with E-state index in [4.69, 9.17) is 0 Å². The maximum Gasteiger partial charge on any atom is 0.193 e. The fourth-order valence-corrected chi connectivity index (χ4v) is 5.13. The molecule has 1 heterocycles. The Morgan fingerprint density at radius 2 is 2.00 bits per heavy atom. The van der Waals surface area contributed by atoms with E-state index in [1.54, 1.807) is 24.3 Å². The highest BCUT2D eigenvalue weighted by Gasteiger charge is 2.43. The van der Waals surface area contributed by atoms with Crippen LogP contribution in [0.3, 0.4) is 0 Å². The largest absolute Gasteiger partial charge is 0.357 e. The molecule has 0 aromatic heterocycles. The van der Waals surface area contributed by atoms with Gasteiger partial charge >= 0.3 is 0 Å². The lowest BCUT2D eigenvalue weighted by molar-refractivity contribution is 0.151. The third kappa shape index (κ3) is 4.35. The lowest BCUT2D eigenvalue weighted by atomic mass is 9.68. The second kappa shape index (κ2) is 7.77. The van der Waals surface area contributed by atoms with Crippen molar-refractivity contribution >= 4 is 15.8 Å². The number of sulfone groups is 1. The molecule has 0 bridgehead atoms. The molecule has 0 radical (unpaired) electrons. The molecule has 1 aromatic rings. The van der Waals surface area contributed by atoms with Crippen molar-refractivity contribution in [2.75, 3.05) is 31.9 Å². The summed E-state index contributed by atoms with van der Waals surface area (Å²) in [6.07, 6.45) is 5.86. The van der Waals surface area contributed by atoms with Crippen molar-refractivity contribution in [2.45, 2.75) is 43.9 Å². The van der Waals surface area contributed by atoms with E-state index in [1.165, 1.54) is 25.7 Å². The van der Waals surface area contributed by atoms with Crippen LogP contribution in [0.15, 0.2) is 40.2 Å². The fraction of sp³-hybridized carbons (Fsp3) is 0.632. The predicted octanol–water partition coefficient (Wildman–Crippen LogP) is 2.69. The molecule has 6 heteroatoms. The van der Waals surface area contributed by atoms with Gasteiger partial charge in [0.15, 0.2) is 15.8 Å². The maximum atomic E-state index is 12.3. The van der Waals surface area contributed by atoms with Gasteiger partial charge in [0.05, 0.1) is 10.6 Å². The molecular formula is C19H29N3O2S. The van der Waals surface area contributed by atoms with E-state index in [0.29, 0.717) is 23.3 Å². The van der Waals surface area contributed by atoms with Crippen molar-refractivity contribution in [1.29, 1.82) is 0 Å². The fourth-order valence-electron chi connectivity index (χ4n) is 3.81. The first kappa shape index (κ1) is 18.2. The lowest BCUT2D eigenvalue weighted by Gasteiger charge is -2.38. The highest BCUT2D eigenvalue weighted by atomic mass is 32.2. The first-order chi connectivity index (χ1) is 12.0. The van der Waals surface area contributed by atoms with E-state index in [0.717, 1.165) is 25.6 Å². The van der Waals surface area contributed by atoms with Gasteiger partial charge in [-0.25, -0.2) is 8.42 Å². The Labute approximate surface area is 151 Å². The Bertz CT molecular complexity index is 697. The molecule has 3 rings (SSSR count). The second-order valence-electron chi connectivity index (χ2n) is 7.25. The summed E-state index contributed by atoms with van der Waals surface area (Å²) in [5.41, 5.74) is 0.535. The zero-order valence-electron chi connectivity index (χ0n) is 15.1. The van der Waals surface area contributed by atoms with Crippen LogP contribution < -0.4 is 5.32 Å². The third-order valence-corrected chi connectivity index (χ3v) is 7.24. The Kier molecular flexibility index (Phi) is 5.67. The van der Waals surface area contributed by atoms with Crippen LogP contribution in [-0.4, -0.2) is 51.2 Å². The Morgan fingerprint density at radius 3 is 2.60 bits per heavy atom. The van der Waals surface area contributed by atoms with Crippen LogP contribution in [0.1, 0.15) is 39.0 Å². The molecule has 0 atom stereocenters. The maximum absolute atomic E-state index is 12.3. The van der Waals surface area contributed by atoms with Crippen LogP contribution in [0.25, 0.3) is 0 Å². The number of hydrogen-bond donors (Lipinski definition) is 1. The number of nitrogens with zero attached hydrogens (tertiary/aromatic N) is 2. The van der Waals surface area contributed by atoms with Crippen LogP contribution in [0.2, 0.25) is 0 Å². The number of guanidine groups is 1. The van der Waals surface area contributed by atoms with Gasteiger partial charge in [-0.1, -0.05) is 24.6 Å². The zero-order chi connectivity index (χ0) is 17.8. The topological polar surface area (TPSA) is 61.8 Å². The molecule has 1 aliphatic carbocycles. The van der Waals surface area contributed by atoms with Crippen LogP contribution in [0, 0.1) is 5.41 Å². The number of nitrogens with one attached hydrogen (secondary N) is 1. The van der Waals surface area contributed by atoms with Crippen molar-refractivity contribution in [3.05, 3.63) is 30.3 Å². The van der Waals surface area contributed by atoms with Gasteiger partial charge in [-0.05, 0) is 50.2 Å². The first-order valence-corrected chi connectivity index (χ1v) is 11.0. The van der Waals surface area contributed by atoms with Crippen molar-refractivity contribution in [1.82, 2.24) is 10.2 Å². The summed E-state index contributed by atoms with van der Waals surface area (Å²) in [6, 6.07) is 8.67. The molecular weight excluding hydrogens is 334 g/mol. The SMILES string of the molecule is CCNC(=NCCCS(=O)(=O)c1ccccc1)N1CCC2(CCC2)C1. The minimum Gasteiger partial charge on any atom is -0.357 e. The summed E-state index contributed by atoms with van der Waals surface area (Å²) >= 11 is 0. The van der Waals surface area contributed by atoms with Gasteiger partial charge in [-0.15, -0.1) is 0 Å². The minimum atomic E-state index is -3.21. The van der Waals surface area contributed by atoms with Crippen molar-refractivity contribution in [3.63, 3.8) is 0 Å². The van der Waals surface area contributed by atoms with Gasteiger partial charge in [0.25, 0.3) is 0 Å². The van der Waals surface area contributed by atoms with E-state index in [-0.39, 0.29) is 5.75 Å². The van der Waals surface area contributed by atoms with Crippen molar-refractivity contribution in [3.8, 4) is 0 Å². The summed E-state index contributed by atoms with van der Waals surface area (Å²) in [5, 5.41) is 3.37. The average molecular weight is 364 g/mol. The molecule has 2 fully saturated rings. The second-order valence-corrected chi connectivity index (χ2v) is 9.36. The molecule has 1 aromatic carbocycles. The summed E-state index contributed by atoms with van der Waals surface area (Å²) in [6.45, 7) is 5.61. The van der Waals surface area contributed by atoms with Gasteiger partial charge in [0.2, 0.25) is 0 Å². The monoisotopic (exact) mass is 363 g/mol. The van der Waals surface area contributed by atoms with Crippen LogP contribution in [0.5, 0.6) is 0 Å². The molecule has 138 valence electrons. The standard InChI is InChI=1S/C19H29N3O2S/c1-2-20-18(22-14-12-19(16-22)10-6-11-19)21-13-7-15-25(23,24)17-8-4-3-5-9-17/h3-5,8-9H,2,6-7,10-16H2,1H3,(H,20,21). The van der Waals surface area contributed by atoms with Crippen LogP contribution >= 0.6 is 0 Å². The zero-order valence-corrected chi connectivity index (χ0v) is 15.9. The predicted molar refractivity (Wildman–Crippen MR) is 102 cm³/mol. The third-order valence-electron chi connectivity index (χ3n) is 5.42. The summed E-state index contributed by atoms with van der Waals surface area (Å²) in [7, 11) is -3.21. The summed E-state index contributed by atoms with van der Waals surface area (Å²) in [4.78, 5) is 7.44. The summed E-state index contributed by atoms with van der Waals surface area (Å²) < 4.78 is 24.6. The number of rotatable bonds is 6. The Balaban J connectivity index is 1.54. The Morgan fingerprint density at radius 1 is 1.24 bits per heavy atom. The molecule has 5 nitrogen and oxygen atoms in total. The Hall–Kier alpha value is -1.56. The van der Waals surface area contributed by atoms with Crippen molar-refractivity contribution < 1.29 is 8.42 Å². The quantitative estimate of drug-likeness (QED) is 0.479. The average Bonchev–Trinajstić information content (AvgIpc) is 3.04. The number of hydrogen-bond acceptors (Lipinski definition) is 3. The molecule has 1 N–H and O–H groups in total. The van der Waals surface area contributed by atoms with E-state index in [1.807, 2.05) is 6.07 Å². The van der Waals surface area contributed by atoms with E-state index in [2.05, 4.69) is 22.1 Å². The molecule has 0 amide bonds. The number of aliphatic imine (C=N–C) groups is 1. The molecule has 25 heavy (non-hydrogen) atoms. The normalized spacial score (nSPS) is 19.9. The van der Waals surface area contributed by atoms with Gasteiger partial charge in [-0.2, -0.15) is 0 Å². The highest BCUT2D eigenvalue weighted by Crippen LogP contribution is 2.47. The smallest absolute Gasteiger partial charge is 0.193 e. The van der Waals surface area contributed by atoms with Gasteiger partial charge in [0.1, 0.15) is 0 Å². The molecule has 1 spiro atoms. The highest BCUT2D eigenvalue weighted by molar-refractivity contribution is 7.91. The van der Waals surface area contributed by atoms with Crippen LogP contribution in [-0.2, 0) is 9.84 Å². The van der Waals surface area contributed by atoms with Gasteiger partial charge in [0, 0.05) is 26.2 Å². The lowest BCUT2D eigenvalue weighted by Crippen LogP contribution is -2.42. The van der Waals surface area contributed by atoms with Gasteiger partial charge in [-0.3, -0.25) is 4.99 Å². The number of benzene rings is 1. The molecule has 1 saturated carbocycles. The molecule has 2 aliphatic rings. The minimum absolute atomic E-state index is 0.143. The summed E-state index contributed by atoms with van der Waals surface area (Å²) in [5.74, 6) is 1.09. The molecule has 0 unspecified atom stereocenters.